The summed E-state index contributed by atoms with van der Waals surface area (Å²) in [4.78, 5) is 23.0. The number of benzene rings is 1. The van der Waals surface area contributed by atoms with E-state index in [0.29, 0.717) is 19.4 Å². The van der Waals surface area contributed by atoms with Crippen LogP contribution in [0, 0.1) is 5.92 Å². The van der Waals surface area contributed by atoms with E-state index in [-0.39, 0.29) is 13.2 Å². The summed E-state index contributed by atoms with van der Waals surface area (Å²) in [6.07, 6.45) is 16.5. The Labute approximate surface area is 277 Å². The quantitative estimate of drug-likeness (QED) is 0.0348. The number of carbonyl (C=O) groups excluding carboxylic acids is 1. The first-order valence-corrected chi connectivity index (χ1v) is 18.7. The number of ether oxygens (including phenoxy) is 3. The van der Waals surface area contributed by atoms with E-state index in [0.717, 1.165) is 30.5 Å². The zero-order chi connectivity index (χ0) is 32.8. The second-order valence-electron chi connectivity index (χ2n) is 11.8. The maximum Gasteiger partial charge on any atom is 0.508 e. The lowest BCUT2D eigenvalue weighted by atomic mass is 9.82. The molecule has 1 heterocycles. The molecule has 2 rings (SSSR count). The van der Waals surface area contributed by atoms with Crippen molar-refractivity contribution in [2.24, 2.45) is 5.92 Å². The molecular formula is C33H55BNO8PS. The highest BCUT2D eigenvalue weighted by Gasteiger charge is 2.46. The highest BCUT2D eigenvalue weighted by Crippen LogP contribution is 2.48. The molecule has 1 aromatic rings. The van der Waals surface area contributed by atoms with Crippen LogP contribution < -0.4 is 5.32 Å². The van der Waals surface area contributed by atoms with Crippen molar-refractivity contribution in [1.29, 1.82) is 0 Å². The van der Waals surface area contributed by atoms with Crippen LogP contribution >= 0.6 is 20.0 Å². The second-order valence-corrected chi connectivity index (χ2v) is 13.9. The van der Waals surface area contributed by atoms with Gasteiger partial charge in [-0.05, 0) is 31.2 Å². The Bertz CT molecular complexity index is 991. The molecule has 1 aliphatic heterocycles. The van der Waals surface area contributed by atoms with Crippen molar-refractivity contribution in [2.75, 3.05) is 20.3 Å². The first kappa shape index (κ1) is 39.7. The molecule has 0 bridgehead atoms. The molecule has 12 heteroatoms. The molecule has 254 valence electrons. The van der Waals surface area contributed by atoms with E-state index in [1.54, 1.807) is 0 Å². The van der Waals surface area contributed by atoms with E-state index in [1.807, 2.05) is 30.3 Å². The SMILES string of the molecule is [B][C@@H]1O[C@H](COC(=O)OCc2ccccc2)[C@H](OP(=O)(O)OC)C1CCCNC(=S)CCCCCCCCCCCCCCC. The monoisotopic (exact) mass is 667 g/mol. The summed E-state index contributed by atoms with van der Waals surface area (Å²) in [5.41, 5.74) is 0.814. The summed E-state index contributed by atoms with van der Waals surface area (Å²) < 4.78 is 38.5. The number of nitrogens with one attached hydrogen (secondary N) is 1. The van der Waals surface area contributed by atoms with E-state index >= 15 is 0 Å². The Morgan fingerprint density at radius 2 is 1.56 bits per heavy atom. The maximum absolute atomic E-state index is 12.3. The highest BCUT2D eigenvalue weighted by molar-refractivity contribution is 7.80. The summed E-state index contributed by atoms with van der Waals surface area (Å²) in [7, 11) is 2.96. The van der Waals surface area contributed by atoms with Crippen molar-refractivity contribution in [3.8, 4) is 0 Å². The highest BCUT2D eigenvalue weighted by atomic mass is 32.1. The van der Waals surface area contributed by atoms with Crippen LogP contribution in [0.1, 0.15) is 115 Å². The fraction of sp³-hybridized carbons (Fsp3) is 0.758. The molecule has 1 aromatic carbocycles. The van der Waals surface area contributed by atoms with E-state index < -0.39 is 38.1 Å². The van der Waals surface area contributed by atoms with Gasteiger partial charge in [0, 0.05) is 25.6 Å². The van der Waals surface area contributed by atoms with Gasteiger partial charge in [0.25, 0.3) is 0 Å². The van der Waals surface area contributed by atoms with Gasteiger partial charge in [-0.25, -0.2) is 9.36 Å². The number of carbonyl (C=O) groups is 1. The summed E-state index contributed by atoms with van der Waals surface area (Å²) in [6, 6.07) is 8.42. The first-order chi connectivity index (χ1) is 21.8. The normalized spacial score (nSPS) is 20.9. The third kappa shape index (κ3) is 17.9. The van der Waals surface area contributed by atoms with Crippen LogP contribution in [-0.4, -0.2) is 62.4 Å². The Morgan fingerprint density at radius 3 is 2.16 bits per heavy atom. The van der Waals surface area contributed by atoms with E-state index in [4.69, 9.17) is 38.8 Å². The third-order valence-electron chi connectivity index (χ3n) is 8.14. The Kier molecular flexibility index (Phi) is 21.0. The van der Waals surface area contributed by atoms with Crippen LogP contribution in [0.15, 0.2) is 30.3 Å². The van der Waals surface area contributed by atoms with Gasteiger partial charge in [-0.2, -0.15) is 0 Å². The van der Waals surface area contributed by atoms with Crippen LogP contribution in [0.3, 0.4) is 0 Å². The maximum atomic E-state index is 12.3. The van der Waals surface area contributed by atoms with Crippen LogP contribution in [-0.2, 0) is 34.4 Å². The average Bonchev–Trinajstić information content (AvgIpc) is 3.32. The number of phosphoric ester groups is 1. The van der Waals surface area contributed by atoms with Crippen molar-refractivity contribution in [3.05, 3.63) is 35.9 Å². The van der Waals surface area contributed by atoms with Gasteiger partial charge in [0.15, 0.2) is 0 Å². The second kappa shape index (κ2) is 23.8. The minimum atomic E-state index is -4.36. The van der Waals surface area contributed by atoms with Gasteiger partial charge in [0.05, 0.1) is 4.99 Å². The first-order valence-electron chi connectivity index (χ1n) is 16.8. The number of rotatable bonds is 25. The van der Waals surface area contributed by atoms with Gasteiger partial charge in [-0.3, -0.25) is 9.05 Å². The van der Waals surface area contributed by atoms with Gasteiger partial charge in [-0.15, -0.1) is 0 Å². The summed E-state index contributed by atoms with van der Waals surface area (Å²) in [6.45, 7) is 2.70. The van der Waals surface area contributed by atoms with Crippen LogP contribution in [0.2, 0.25) is 0 Å². The molecule has 5 atom stereocenters. The number of hydrogen-bond acceptors (Lipinski definition) is 8. The standard InChI is InChI=1S/C33H55BNO8PS/c1-3-4-5-6-7-8-9-10-11-12-13-14-18-23-30(45)35-24-19-22-28-31(43-44(37,38)39-2)29(42-32(28)34)26-41-33(36)40-25-27-20-16-15-17-21-27/h15-17,20-21,28-29,31-32H,3-14,18-19,22-26H2,1-2H3,(H,35,45)(H,37,38)/t28?,29-,31-,32-/m1/s1. The number of unbranched alkanes of at least 4 members (excludes halogenated alkanes) is 12. The molecule has 0 aliphatic carbocycles. The summed E-state index contributed by atoms with van der Waals surface area (Å²) in [5.74, 6) is -0.425. The van der Waals surface area contributed by atoms with Gasteiger partial charge in [-0.1, -0.05) is 127 Å². The smallest absolute Gasteiger partial charge is 0.431 e. The molecular weight excluding hydrogens is 612 g/mol. The fourth-order valence-electron chi connectivity index (χ4n) is 5.51. The number of hydrogen-bond donors (Lipinski definition) is 2. The minimum absolute atomic E-state index is 0.0526. The van der Waals surface area contributed by atoms with Crippen LogP contribution in [0.5, 0.6) is 0 Å². The molecule has 0 aromatic heterocycles. The van der Waals surface area contributed by atoms with Gasteiger partial charge < -0.3 is 24.4 Å². The Balaban J connectivity index is 1.62. The lowest BCUT2D eigenvalue weighted by Crippen LogP contribution is -2.34. The molecule has 1 aliphatic rings. The van der Waals surface area contributed by atoms with Crippen LogP contribution in [0.25, 0.3) is 0 Å². The molecule has 1 saturated heterocycles. The van der Waals surface area contributed by atoms with Gasteiger partial charge in [0.2, 0.25) is 0 Å². The van der Waals surface area contributed by atoms with E-state index in [1.165, 1.54) is 77.0 Å². The molecule has 2 unspecified atom stereocenters. The lowest BCUT2D eigenvalue weighted by Gasteiger charge is -2.25. The zero-order valence-corrected chi connectivity index (χ0v) is 29.1. The van der Waals surface area contributed by atoms with Gasteiger partial charge >= 0.3 is 14.0 Å². The molecule has 0 saturated carbocycles. The van der Waals surface area contributed by atoms with E-state index in [2.05, 4.69) is 16.8 Å². The molecule has 0 amide bonds. The number of phosphoric acid groups is 1. The molecule has 2 N–H and O–H groups in total. The molecule has 9 nitrogen and oxygen atoms in total. The van der Waals surface area contributed by atoms with Crippen molar-refractivity contribution >= 4 is 39.0 Å². The third-order valence-corrected chi connectivity index (χ3v) is 9.46. The Morgan fingerprint density at radius 1 is 0.956 bits per heavy atom. The zero-order valence-electron chi connectivity index (χ0n) is 27.4. The average molecular weight is 668 g/mol. The van der Waals surface area contributed by atoms with Crippen molar-refractivity contribution in [2.45, 2.75) is 134 Å². The molecule has 1 fully saturated rings. The molecule has 0 spiro atoms. The van der Waals surface area contributed by atoms with Gasteiger partial charge in [0.1, 0.15) is 33.3 Å². The lowest BCUT2D eigenvalue weighted by molar-refractivity contribution is -0.0304. The van der Waals surface area contributed by atoms with Crippen molar-refractivity contribution in [1.82, 2.24) is 5.32 Å². The predicted molar refractivity (Wildman–Crippen MR) is 182 cm³/mol. The summed E-state index contributed by atoms with van der Waals surface area (Å²) in [5, 5.41) is 3.31. The molecule has 45 heavy (non-hydrogen) atoms. The topological polar surface area (TPSA) is 113 Å². The molecule has 2 radical (unpaired) electrons. The van der Waals surface area contributed by atoms with E-state index in [9.17, 15) is 14.3 Å². The van der Waals surface area contributed by atoms with Crippen molar-refractivity contribution < 1.29 is 37.5 Å². The van der Waals surface area contributed by atoms with Crippen molar-refractivity contribution in [3.63, 3.8) is 0 Å². The number of thiocarbonyl (C=S) groups is 1. The minimum Gasteiger partial charge on any atom is -0.431 e. The fourth-order valence-corrected chi connectivity index (χ4v) is 6.45. The predicted octanol–water partition coefficient (Wildman–Crippen LogP) is 8.16. The Hall–Kier alpha value is -1.49. The summed E-state index contributed by atoms with van der Waals surface area (Å²) >= 11 is 5.52. The largest absolute Gasteiger partial charge is 0.508 e. The van der Waals surface area contributed by atoms with Crippen LogP contribution in [0.4, 0.5) is 4.79 Å².